The summed E-state index contributed by atoms with van der Waals surface area (Å²) in [5.74, 6) is 1.20. The third kappa shape index (κ3) is 7.46. The van der Waals surface area contributed by atoms with Crippen molar-refractivity contribution in [1.82, 2.24) is 4.98 Å². The van der Waals surface area contributed by atoms with E-state index >= 15 is 0 Å². The van der Waals surface area contributed by atoms with Crippen LogP contribution in [0, 0.1) is 5.41 Å². The maximum Gasteiger partial charge on any atom is 0.416 e. The third-order valence-electron chi connectivity index (χ3n) is 6.91. The average Bonchev–Trinajstić information content (AvgIpc) is 2.82. The minimum Gasteiger partial charge on any atom is -0.352 e. The predicted molar refractivity (Wildman–Crippen MR) is 143 cm³/mol. The van der Waals surface area contributed by atoms with Crippen molar-refractivity contribution in [3.8, 4) is 0 Å². The van der Waals surface area contributed by atoms with Crippen LogP contribution in [0.4, 0.5) is 19.0 Å². The fourth-order valence-corrected chi connectivity index (χ4v) is 3.97. The highest BCUT2D eigenvalue weighted by atomic mass is 19.4. The highest BCUT2D eigenvalue weighted by molar-refractivity contribution is 5.42. The number of rotatable bonds is 10. The minimum absolute atomic E-state index is 0.0494. The van der Waals surface area contributed by atoms with Crippen LogP contribution in [0.1, 0.15) is 68.4 Å². The highest BCUT2D eigenvalue weighted by Crippen LogP contribution is 2.30. The molecule has 1 heterocycles. The fourth-order valence-electron chi connectivity index (χ4n) is 3.97. The first kappa shape index (κ1) is 27.5. The van der Waals surface area contributed by atoms with Gasteiger partial charge >= 0.3 is 6.18 Å². The van der Waals surface area contributed by atoms with Crippen molar-refractivity contribution >= 4 is 5.82 Å². The van der Waals surface area contributed by atoms with E-state index in [2.05, 4.69) is 81.4 Å². The van der Waals surface area contributed by atoms with Crippen LogP contribution < -0.4 is 4.90 Å². The standard InChI is InChI=1S/C31H37F3N2/c1-22(2)27-13-16-29(35-20-27)36(21-26-11-14-28(15-12-26)31(32,33)34)18-17-24-7-9-25(10-8-24)19-30(5,6)23(3)4/h7-16,20,22H,3,17-19,21H2,1-2,4-6H3. The zero-order valence-corrected chi connectivity index (χ0v) is 22.0. The average molecular weight is 495 g/mol. The molecule has 0 saturated carbocycles. The van der Waals surface area contributed by atoms with E-state index in [0.717, 1.165) is 41.9 Å². The summed E-state index contributed by atoms with van der Waals surface area (Å²) in [7, 11) is 0. The van der Waals surface area contributed by atoms with Crippen LogP contribution in [0.2, 0.25) is 0 Å². The molecule has 0 amide bonds. The molecule has 2 aromatic carbocycles. The summed E-state index contributed by atoms with van der Waals surface area (Å²) >= 11 is 0. The van der Waals surface area contributed by atoms with E-state index < -0.39 is 11.7 Å². The summed E-state index contributed by atoms with van der Waals surface area (Å²) in [6, 6.07) is 18.2. The van der Waals surface area contributed by atoms with Gasteiger partial charge in [0, 0.05) is 19.3 Å². The summed E-state index contributed by atoms with van der Waals surface area (Å²) in [6.07, 6.45) is -0.705. The van der Waals surface area contributed by atoms with E-state index in [1.165, 1.54) is 16.7 Å². The third-order valence-corrected chi connectivity index (χ3v) is 6.91. The molecule has 0 fully saturated rings. The Balaban J connectivity index is 1.75. The van der Waals surface area contributed by atoms with Crippen molar-refractivity contribution in [2.45, 2.75) is 66.1 Å². The van der Waals surface area contributed by atoms with E-state index in [4.69, 9.17) is 0 Å². The molecule has 0 bridgehead atoms. The van der Waals surface area contributed by atoms with Gasteiger partial charge in [0.05, 0.1) is 5.56 Å². The van der Waals surface area contributed by atoms with Crippen LogP contribution in [0.15, 0.2) is 79.0 Å². The summed E-state index contributed by atoms with van der Waals surface area (Å²) in [5.41, 5.74) is 5.04. The lowest BCUT2D eigenvalue weighted by molar-refractivity contribution is -0.137. The zero-order valence-electron chi connectivity index (χ0n) is 22.0. The number of hydrogen-bond donors (Lipinski definition) is 0. The zero-order chi connectivity index (χ0) is 26.5. The van der Waals surface area contributed by atoms with E-state index in [9.17, 15) is 13.2 Å². The van der Waals surface area contributed by atoms with E-state index in [-0.39, 0.29) is 5.41 Å². The number of anilines is 1. The maximum absolute atomic E-state index is 13.0. The normalized spacial score (nSPS) is 12.1. The van der Waals surface area contributed by atoms with Gasteiger partial charge in [-0.05, 0) is 71.6 Å². The number of hydrogen-bond acceptors (Lipinski definition) is 2. The Morgan fingerprint density at radius 1 is 0.889 bits per heavy atom. The molecule has 0 aliphatic carbocycles. The van der Waals surface area contributed by atoms with Gasteiger partial charge < -0.3 is 4.90 Å². The van der Waals surface area contributed by atoms with Crippen molar-refractivity contribution in [3.05, 3.63) is 107 Å². The first-order chi connectivity index (χ1) is 16.8. The molecular formula is C31H37F3N2. The molecule has 0 radical (unpaired) electrons. The molecule has 3 aromatic rings. The number of halogens is 3. The Hall–Kier alpha value is -3.08. The lowest BCUT2D eigenvalue weighted by Gasteiger charge is -2.26. The Labute approximate surface area is 213 Å². The van der Waals surface area contributed by atoms with Crippen LogP contribution >= 0.6 is 0 Å². The topological polar surface area (TPSA) is 16.1 Å². The second kappa shape index (κ2) is 11.3. The fraction of sp³-hybridized carbons (Fsp3) is 0.387. The van der Waals surface area contributed by atoms with Gasteiger partial charge in [-0.15, -0.1) is 0 Å². The van der Waals surface area contributed by atoms with Gasteiger partial charge in [0.2, 0.25) is 0 Å². The van der Waals surface area contributed by atoms with Crippen LogP contribution in [0.3, 0.4) is 0 Å². The summed E-state index contributed by atoms with van der Waals surface area (Å²) < 4.78 is 39.0. The first-order valence-corrected chi connectivity index (χ1v) is 12.5. The number of benzene rings is 2. The SMILES string of the molecule is C=C(C)C(C)(C)Cc1ccc(CCN(Cc2ccc(C(F)(F)F)cc2)c2ccc(C(C)C)cn2)cc1. The summed E-state index contributed by atoms with van der Waals surface area (Å²) in [4.78, 5) is 6.80. The molecule has 0 N–H and O–H groups in total. The van der Waals surface area contributed by atoms with Gasteiger partial charge in [-0.3, -0.25) is 0 Å². The van der Waals surface area contributed by atoms with Crippen LogP contribution in [-0.4, -0.2) is 11.5 Å². The monoisotopic (exact) mass is 494 g/mol. The quantitative estimate of drug-likeness (QED) is 0.262. The number of aromatic nitrogens is 1. The second-order valence-corrected chi connectivity index (χ2v) is 10.6. The Bertz CT molecular complexity index is 1130. The molecule has 192 valence electrons. The van der Waals surface area contributed by atoms with Gasteiger partial charge in [-0.1, -0.05) is 82.3 Å². The first-order valence-electron chi connectivity index (χ1n) is 12.5. The molecule has 0 aliphatic heterocycles. The van der Waals surface area contributed by atoms with Crippen LogP contribution in [0.5, 0.6) is 0 Å². The second-order valence-electron chi connectivity index (χ2n) is 10.6. The summed E-state index contributed by atoms with van der Waals surface area (Å²) in [6.45, 7) is 16.0. The Morgan fingerprint density at radius 3 is 1.97 bits per heavy atom. The molecule has 36 heavy (non-hydrogen) atoms. The summed E-state index contributed by atoms with van der Waals surface area (Å²) in [5, 5.41) is 0. The molecule has 5 heteroatoms. The van der Waals surface area contributed by atoms with Gasteiger partial charge in [0.25, 0.3) is 0 Å². The van der Waals surface area contributed by atoms with E-state index in [1.807, 2.05) is 12.3 Å². The molecule has 2 nitrogen and oxygen atoms in total. The number of nitrogens with zero attached hydrogens (tertiary/aromatic N) is 2. The minimum atomic E-state index is -4.34. The highest BCUT2D eigenvalue weighted by Gasteiger charge is 2.30. The van der Waals surface area contributed by atoms with Crippen molar-refractivity contribution in [1.29, 1.82) is 0 Å². The molecule has 0 atom stereocenters. The van der Waals surface area contributed by atoms with Crippen molar-refractivity contribution in [3.63, 3.8) is 0 Å². The molecule has 1 aromatic heterocycles. The smallest absolute Gasteiger partial charge is 0.352 e. The maximum atomic E-state index is 13.0. The van der Waals surface area contributed by atoms with Gasteiger partial charge in [0.15, 0.2) is 0 Å². The van der Waals surface area contributed by atoms with E-state index in [1.54, 1.807) is 12.1 Å². The van der Waals surface area contributed by atoms with Gasteiger partial charge in [0.1, 0.15) is 5.82 Å². The number of allylic oxidation sites excluding steroid dienone is 1. The van der Waals surface area contributed by atoms with Crippen molar-refractivity contribution in [2.75, 3.05) is 11.4 Å². The Morgan fingerprint density at radius 2 is 1.47 bits per heavy atom. The molecule has 0 aliphatic rings. The lowest BCUT2D eigenvalue weighted by Crippen LogP contribution is -2.26. The van der Waals surface area contributed by atoms with Crippen molar-refractivity contribution in [2.24, 2.45) is 5.41 Å². The molecule has 3 rings (SSSR count). The number of pyridine rings is 1. The van der Waals surface area contributed by atoms with Crippen LogP contribution in [0.25, 0.3) is 0 Å². The predicted octanol–water partition coefficient (Wildman–Crippen LogP) is 8.62. The Kier molecular flexibility index (Phi) is 8.65. The largest absolute Gasteiger partial charge is 0.416 e. The lowest BCUT2D eigenvalue weighted by atomic mass is 9.80. The van der Waals surface area contributed by atoms with Crippen LogP contribution in [-0.2, 0) is 25.6 Å². The van der Waals surface area contributed by atoms with Gasteiger partial charge in [-0.2, -0.15) is 13.2 Å². The molecular weight excluding hydrogens is 457 g/mol. The number of alkyl halides is 3. The molecule has 0 unspecified atom stereocenters. The molecule has 0 saturated heterocycles. The van der Waals surface area contributed by atoms with Gasteiger partial charge in [-0.25, -0.2) is 4.98 Å². The van der Waals surface area contributed by atoms with E-state index in [0.29, 0.717) is 19.0 Å². The van der Waals surface area contributed by atoms with Crippen molar-refractivity contribution < 1.29 is 13.2 Å². The molecule has 0 spiro atoms.